The minimum Gasteiger partial charge on any atom is -0.356 e. The second-order valence-electron chi connectivity index (χ2n) is 5.88. The first-order valence-corrected chi connectivity index (χ1v) is 8.48. The molecule has 2 aromatic rings. The van der Waals surface area contributed by atoms with E-state index < -0.39 is 0 Å². The molecule has 0 atom stereocenters. The van der Waals surface area contributed by atoms with E-state index in [1.807, 2.05) is 12.1 Å². The monoisotopic (exact) mass is 470 g/mol. The van der Waals surface area contributed by atoms with Gasteiger partial charge in [-0.25, -0.2) is 14.4 Å². The lowest BCUT2D eigenvalue weighted by atomic mass is 10.1. The zero-order valence-corrected chi connectivity index (χ0v) is 17.1. The maximum absolute atomic E-state index is 13.2. The number of halogens is 2. The summed E-state index contributed by atoms with van der Waals surface area (Å²) in [5.74, 6) is 1.46. The molecule has 0 amide bonds. The molecule has 1 aromatic carbocycles. The first kappa shape index (κ1) is 20.3. The molecule has 1 N–H and O–H groups in total. The Hall–Kier alpha value is -1.97. The maximum Gasteiger partial charge on any atom is 0.225 e. The van der Waals surface area contributed by atoms with Crippen LogP contribution in [-0.4, -0.2) is 60.6 Å². The molecule has 1 aromatic heterocycles. The molecular weight excluding hydrogens is 446 g/mol. The fourth-order valence-electron chi connectivity index (χ4n) is 2.92. The van der Waals surface area contributed by atoms with Crippen LogP contribution in [0.1, 0.15) is 5.56 Å². The first-order chi connectivity index (χ1) is 12.3. The van der Waals surface area contributed by atoms with Crippen LogP contribution in [0.2, 0.25) is 0 Å². The lowest BCUT2D eigenvalue weighted by Gasteiger charge is -2.36. The number of aromatic nitrogens is 2. The average molecular weight is 470 g/mol. The molecule has 0 saturated carbocycles. The molecule has 0 bridgehead atoms. The molecule has 140 valence electrons. The fourth-order valence-corrected chi connectivity index (χ4v) is 2.92. The average Bonchev–Trinajstić information content (AvgIpc) is 2.66. The Kier molecular flexibility index (Phi) is 8.02. The van der Waals surface area contributed by atoms with Crippen LogP contribution in [0.15, 0.2) is 47.7 Å². The van der Waals surface area contributed by atoms with E-state index in [4.69, 9.17) is 0 Å². The van der Waals surface area contributed by atoms with Crippen molar-refractivity contribution in [1.82, 2.24) is 20.2 Å². The minimum atomic E-state index is -0.193. The molecule has 1 aliphatic rings. The van der Waals surface area contributed by atoms with Gasteiger partial charge in [-0.05, 0) is 30.2 Å². The number of guanidine groups is 1. The largest absolute Gasteiger partial charge is 0.356 e. The van der Waals surface area contributed by atoms with Gasteiger partial charge in [0.25, 0.3) is 0 Å². The lowest BCUT2D eigenvalue weighted by Crippen LogP contribution is -2.53. The number of nitrogens with zero attached hydrogens (tertiary/aromatic N) is 5. The van der Waals surface area contributed by atoms with Crippen molar-refractivity contribution in [3.63, 3.8) is 0 Å². The molecule has 0 unspecified atom stereocenters. The molecule has 0 radical (unpaired) electrons. The summed E-state index contributed by atoms with van der Waals surface area (Å²) >= 11 is 0. The van der Waals surface area contributed by atoms with E-state index in [0.717, 1.165) is 56.6 Å². The highest BCUT2D eigenvalue weighted by Crippen LogP contribution is 2.10. The molecule has 1 aliphatic heterocycles. The number of hydrogen-bond acceptors (Lipinski definition) is 4. The second kappa shape index (κ2) is 10.2. The highest BCUT2D eigenvalue weighted by atomic mass is 127. The van der Waals surface area contributed by atoms with Gasteiger partial charge in [0.15, 0.2) is 5.96 Å². The molecule has 1 fully saturated rings. The van der Waals surface area contributed by atoms with Crippen LogP contribution in [0.5, 0.6) is 0 Å². The van der Waals surface area contributed by atoms with Crippen LogP contribution >= 0.6 is 24.0 Å². The molecule has 26 heavy (non-hydrogen) atoms. The molecule has 3 rings (SSSR count). The number of rotatable bonds is 4. The predicted molar refractivity (Wildman–Crippen MR) is 113 cm³/mol. The summed E-state index contributed by atoms with van der Waals surface area (Å²) in [4.78, 5) is 17.4. The third-order valence-electron chi connectivity index (χ3n) is 4.21. The number of aliphatic imine (C=N–C) groups is 1. The fraction of sp³-hybridized carbons (Fsp3) is 0.389. The SMILES string of the molecule is CN=C(NCCc1cccc(F)c1)N1CCN(c2ncccn2)CC1.I. The number of benzene rings is 1. The van der Waals surface area contributed by atoms with E-state index >= 15 is 0 Å². The second-order valence-corrected chi connectivity index (χ2v) is 5.88. The van der Waals surface area contributed by atoms with Gasteiger partial charge < -0.3 is 15.1 Å². The number of nitrogens with one attached hydrogen (secondary N) is 1. The summed E-state index contributed by atoms with van der Waals surface area (Å²) < 4.78 is 13.2. The van der Waals surface area contributed by atoms with Gasteiger partial charge in [0, 0.05) is 52.2 Å². The predicted octanol–water partition coefficient (Wildman–Crippen LogP) is 2.17. The van der Waals surface area contributed by atoms with E-state index in [2.05, 4.69) is 30.1 Å². The molecule has 6 nitrogen and oxygen atoms in total. The summed E-state index contributed by atoms with van der Waals surface area (Å²) in [6.07, 6.45) is 4.29. The minimum absolute atomic E-state index is 0. The number of piperazine rings is 1. The van der Waals surface area contributed by atoms with Gasteiger partial charge in [0.1, 0.15) is 5.82 Å². The summed E-state index contributed by atoms with van der Waals surface area (Å²) in [7, 11) is 1.79. The third kappa shape index (κ3) is 5.52. The molecule has 0 spiro atoms. The van der Waals surface area contributed by atoms with E-state index in [9.17, 15) is 4.39 Å². The Balaban J connectivity index is 0.00000243. The zero-order valence-electron chi connectivity index (χ0n) is 14.8. The van der Waals surface area contributed by atoms with Crippen LogP contribution in [0.25, 0.3) is 0 Å². The quantitative estimate of drug-likeness (QED) is 0.422. The van der Waals surface area contributed by atoms with E-state index in [-0.39, 0.29) is 29.8 Å². The van der Waals surface area contributed by atoms with Crippen molar-refractivity contribution in [3.05, 3.63) is 54.1 Å². The van der Waals surface area contributed by atoms with Crippen LogP contribution < -0.4 is 10.2 Å². The number of anilines is 1. The van der Waals surface area contributed by atoms with E-state index in [1.165, 1.54) is 6.07 Å². The zero-order chi connectivity index (χ0) is 17.5. The van der Waals surface area contributed by atoms with Gasteiger partial charge in [-0.1, -0.05) is 12.1 Å². The van der Waals surface area contributed by atoms with Crippen molar-refractivity contribution in [3.8, 4) is 0 Å². The van der Waals surface area contributed by atoms with Crippen molar-refractivity contribution in [2.75, 3.05) is 44.7 Å². The third-order valence-corrected chi connectivity index (χ3v) is 4.21. The first-order valence-electron chi connectivity index (χ1n) is 8.48. The molecular formula is C18H24FIN6. The van der Waals surface area contributed by atoms with Crippen molar-refractivity contribution >= 4 is 35.9 Å². The highest BCUT2D eigenvalue weighted by Gasteiger charge is 2.20. The molecule has 1 saturated heterocycles. The Labute approximate surface area is 170 Å². The Bertz CT molecular complexity index is 704. The van der Waals surface area contributed by atoms with Crippen LogP contribution in [0.4, 0.5) is 10.3 Å². The maximum atomic E-state index is 13.2. The van der Waals surface area contributed by atoms with Crippen LogP contribution in [0, 0.1) is 5.82 Å². The van der Waals surface area contributed by atoms with Gasteiger partial charge in [-0.15, -0.1) is 24.0 Å². The van der Waals surface area contributed by atoms with Crippen LogP contribution in [0.3, 0.4) is 0 Å². The lowest BCUT2D eigenvalue weighted by molar-refractivity contribution is 0.370. The Morgan fingerprint density at radius 3 is 2.54 bits per heavy atom. The van der Waals surface area contributed by atoms with Crippen molar-refractivity contribution in [2.45, 2.75) is 6.42 Å². The topological polar surface area (TPSA) is 56.7 Å². The van der Waals surface area contributed by atoms with Gasteiger partial charge in [-0.3, -0.25) is 4.99 Å². The summed E-state index contributed by atoms with van der Waals surface area (Å²) in [6.45, 7) is 4.15. The summed E-state index contributed by atoms with van der Waals surface area (Å²) in [5.41, 5.74) is 0.981. The standard InChI is InChI=1S/C18H23FN6.HI/c1-20-17(23-9-6-15-4-2-5-16(19)14-15)24-10-12-25(13-11-24)18-21-7-3-8-22-18;/h2-5,7-8,14H,6,9-13H2,1H3,(H,20,23);1H. The van der Waals surface area contributed by atoms with Gasteiger partial charge in [-0.2, -0.15) is 0 Å². The van der Waals surface area contributed by atoms with Crippen molar-refractivity contribution in [1.29, 1.82) is 0 Å². The van der Waals surface area contributed by atoms with Crippen LogP contribution in [-0.2, 0) is 6.42 Å². The van der Waals surface area contributed by atoms with E-state index in [0.29, 0.717) is 0 Å². The molecule has 2 heterocycles. The highest BCUT2D eigenvalue weighted by molar-refractivity contribution is 14.0. The molecule has 8 heteroatoms. The normalized spacial score (nSPS) is 14.8. The van der Waals surface area contributed by atoms with Crippen molar-refractivity contribution < 1.29 is 4.39 Å². The van der Waals surface area contributed by atoms with E-state index in [1.54, 1.807) is 31.6 Å². The smallest absolute Gasteiger partial charge is 0.225 e. The van der Waals surface area contributed by atoms with Gasteiger partial charge >= 0.3 is 0 Å². The van der Waals surface area contributed by atoms with Gasteiger partial charge in [0.2, 0.25) is 5.95 Å². The van der Waals surface area contributed by atoms with Gasteiger partial charge in [0.05, 0.1) is 0 Å². The Morgan fingerprint density at radius 1 is 1.15 bits per heavy atom. The molecule has 0 aliphatic carbocycles. The Morgan fingerprint density at radius 2 is 1.88 bits per heavy atom. The number of hydrogen-bond donors (Lipinski definition) is 1. The summed E-state index contributed by atoms with van der Waals surface area (Å²) in [6, 6.07) is 8.54. The summed E-state index contributed by atoms with van der Waals surface area (Å²) in [5, 5.41) is 3.37. The van der Waals surface area contributed by atoms with Crippen molar-refractivity contribution in [2.24, 2.45) is 4.99 Å².